The Kier molecular flexibility index (Phi) is 6.33. The SMILES string of the molecule is COc1ccc(C(=O)N2CCN(C(=O)COc3ccc(C(N)=O)cc3)CC2)cc1. The van der Waals surface area contributed by atoms with Crippen molar-refractivity contribution in [3.8, 4) is 11.5 Å². The standard InChI is InChI=1S/C21H23N3O5/c1-28-17-6-4-16(5-7-17)21(27)24-12-10-23(11-13-24)19(25)14-29-18-8-2-15(3-9-18)20(22)26/h2-9H,10-14H2,1H3,(H2,22,26). The summed E-state index contributed by atoms with van der Waals surface area (Å²) < 4.78 is 10.6. The van der Waals surface area contributed by atoms with E-state index in [4.69, 9.17) is 15.2 Å². The molecule has 29 heavy (non-hydrogen) atoms. The largest absolute Gasteiger partial charge is 0.497 e. The van der Waals surface area contributed by atoms with Crippen LogP contribution >= 0.6 is 0 Å². The highest BCUT2D eigenvalue weighted by atomic mass is 16.5. The van der Waals surface area contributed by atoms with Gasteiger partial charge in [0.2, 0.25) is 5.91 Å². The van der Waals surface area contributed by atoms with E-state index >= 15 is 0 Å². The number of methoxy groups -OCH3 is 1. The Hall–Kier alpha value is -3.55. The fraction of sp³-hybridized carbons (Fsp3) is 0.286. The smallest absolute Gasteiger partial charge is 0.260 e. The van der Waals surface area contributed by atoms with Gasteiger partial charge in [-0.25, -0.2) is 0 Å². The molecule has 0 saturated carbocycles. The number of hydrogen-bond acceptors (Lipinski definition) is 5. The van der Waals surface area contributed by atoms with Crippen molar-refractivity contribution < 1.29 is 23.9 Å². The Balaban J connectivity index is 1.47. The van der Waals surface area contributed by atoms with Crippen molar-refractivity contribution in [2.45, 2.75) is 0 Å². The molecule has 0 radical (unpaired) electrons. The topological polar surface area (TPSA) is 102 Å². The predicted octanol–water partition coefficient (Wildman–Crippen LogP) is 1.16. The Labute approximate surface area is 168 Å². The molecule has 8 nitrogen and oxygen atoms in total. The first-order valence-corrected chi connectivity index (χ1v) is 9.21. The highest BCUT2D eigenvalue weighted by Gasteiger charge is 2.25. The van der Waals surface area contributed by atoms with Gasteiger partial charge in [-0.15, -0.1) is 0 Å². The van der Waals surface area contributed by atoms with Gasteiger partial charge in [-0.3, -0.25) is 14.4 Å². The van der Waals surface area contributed by atoms with Gasteiger partial charge in [-0.2, -0.15) is 0 Å². The van der Waals surface area contributed by atoms with Crippen LogP contribution in [-0.2, 0) is 4.79 Å². The third kappa shape index (κ3) is 5.04. The summed E-state index contributed by atoms with van der Waals surface area (Å²) in [6.45, 7) is 1.71. The van der Waals surface area contributed by atoms with E-state index in [2.05, 4.69) is 0 Å². The van der Waals surface area contributed by atoms with E-state index in [-0.39, 0.29) is 18.4 Å². The summed E-state index contributed by atoms with van der Waals surface area (Å²) in [7, 11) is 1.58. The molecule has 3 amide bonds. The second-order valence-corrected chi connectivity index (χ2v) is 6.58. The van der Waals surface area contributed by atoms with Crippen LogP contribution < -0.4 is 15.2 Å². The Morgan fingerprint density at radius 1 is 0.828 bits per heavy atom. The zero-order valence-electron chi connectivity index (χ0n) is 16.2. The second-order valence-electron chi connectivity index (χ2n) is 6.58. The van der Waals surface area contributed by atoms with Crippen LogP contribution in [0.1, 0.15) is 20.7 Å². The van der Waals surface area contributed by atoms with Crippen LogP contribution in [0.15, 0.2) is 48.5 Å². The maximum atomic E-state index is 12.6. The second kappa shape index (κ2) is 9.09. The number of carbonyl (C=O) groups is 3. The average molecular weight is 397 g/mol. The van der Waals surface area contributed by atoms with Crippen molar-refractivity contribution in [3.05, 3.63) is 59.7 Å². The molecule has 1 saturated heterocycles. The van der Waals surface area contributed by atoms with Gasteiger partial charge in [0.1, 0.15) is 11.5 Å². The lowest BCUT2D eigenvalue weighted by Gasteiger charge is -2.34. The molecule has 2 N–H and O–H groups in total. The lowest BCUT2D eigenvalue weighted by molar-refractivity contribution is -0.134. The van der Waals surface area contributed by atoms with Crippen molar-refractivity contribution in [2.24, 2.45) is 5.73 Å². The molecule has 1 aliphatic rings. The van der Waals surface area contributed by atoms with E-state index in [1.54, 1.807) is 65.4 Å². The van der Waals surface area contributed by atoms with Crippen LogP contribution in [0, 0.1) is 0 Å². The molecule has 1 heterocycles. The summed E-state index contributed by atoms with van der Waals surface area (Å²) in [6, 6.07) is 13.3. The summed E-state index contributed by atoms with van der Waals surface area (Å²) in [5, 5.41) is 0. The van der Waals surface area contributed by atoms with Crippen LogP contribution in [0.4, 0.5) is 0 Å². The fourth-order valence-electron chi connectivity index (χ4n) is 3.03. The van der Waals surface area contributed by atoms with Crippen LogP contribution in [0.25, 0.3) is 0 Å². The molecular formula is C21H23N3O5. The third-order valence-electron chi connectivity index (χ3n) is 4.76. The van der Waals surface area contributed by atoms with E-state index in [0.717, 1.165) is 0 Å². The summed E-state index contributed by atoms with van der Waals surface area (Å²) in [5.74, 6) is 0.443. The Morgan fingerprint density at radius 2 is 1.34 bits per heavy atom. The van der Waals surface area contributed by atoms with Crippen molar-refractivity contribution in [1.82, 2.24) is 9.80 Å². The van der Waals surface area contributed by atoms with Gasteiger partial charge >= 0.3 is 0 Å². The molecule has 152 valence electrons. The number of rotatable bonds is 6. The zero-order valence-corrected chi connectivity index (χ0v) is 16.2. The van der Waals surface area contributed by atoms with Crippen LogP contribution in [0.5, 0.6) is 11.5 Å². The van der Waals surface area contributed by atoms with Gasteiger partial charge in [0.15, 0.2) is 6.61 Å². The van der Waals surface area contributed by atoms with Crippen molar-refractivity contribution in [1.29, 1.82) is 0 Å². The molecular weight excluding hydrogens is 374 g/mol. The number of benzene rings is 2. The number of primary amides is 1. The maximum absolute atomic E-state index is 12.6. The number of piperazine rings is 1. The molecule has 1 fully saturated rings. The number of amides is 3. The first kappa shape index (κ1) is 20.2. The Bertz CT molecular complexity index is 872. The van der Waals surface area contributed by atoms with Crippen molar-refractivity contribution in [3.63, 3.8) is 0 Å². The van der Waals surface area contributed by atoms with E-state index in [1.807, 2.05) is 0 Å². The van der Waals surface area contributed by atoms with Crippen molar-refractivity contribution >= 4 is 17.7 Å². The van der Waals surface area contributed by atoms with Gasteiger partial charge in [-0.05, 0) is 48.5 Å². The zero-order chi connectivity index (χ0) is 20.8. The Morgan fingerprint density at radius 3 is 1.90 bits per heavy atom. The first-order valence-electron chi connectivity index (χ1n) is 9.21. The molecule has 1 aliphatic heterocycles. The fourth-order valence-corrected chi connectivity index (χ4v) is 3.03. The molecule has 0 spiro atoms. The average Bonchev–Trinajstić information content (AvgIpc) is 2.77. The summed E-state index contributed by atoms with van der Waals surface area (Å²) in [6.07, 6.45) is 0. The summed E-state index contributed by atoms with van der Waals surface area (Å²) >= 11 is 0. The number of hydrogen-bond donors (Lipinski definition) is 1. The molecule has 0 unspecified atom stereocenters. The minimum atomic E-state index is -0.519. The maximum Gasteiger partial charge on any atom is 0.260 e. The number of carbonyl (C=O) groups excluding carboxylic acids is 3. The van der Waals surface area contributed by atoms with Crippen LogP contribution in [-0.4, -0.2) is 67.4 Å². The highest BCUT2D eigenvalue weighted by molar-refractivity contribution is 5.94. The van der Waals surface area contributed by atoms with Crippen LogP contribution in [0.2, 0.25) is 0 Å². The molecule has 3 rings (SSSR count). The molecule has 0 atom stereocenters. The van der Waals surface area contributed by atoms with Gasteiger partial charge in [0.05, 0.1) is 7.11 Å². The molecule has 2 aromatic rings. The quantitative estimate of drug-likeness (QED) is 0.788. The van der Waals surface area contributed by atoms with Crippen LogP contribution in [0.3, 0.4) is 0 Å². The highest BCUT2D eigenvalue weighted by Crippen LogP contribution is 2.15. The number of nitrogens with zero attached hydrogens (tertiary/aromatic N) is 2. The molecule has 0 aromatic heterocycles. The molecule has 0 bridgehead atoms. The summed E-state index contributed by atoms with van der Waals surface area (Å²) in [5.41, 5.74) is 6.16. The monoisotopic (exact) mass is 397 g/mol. The lowest BCUT2D eigenvalue weighted by atomic mass is 10.1. The predicted molar refractivity (Wildman–Crippen MR) is 106 cm³/mol. The summed E-state index contributed by atoms with van der Waals surface area (Å²) in [4.78, 5) is 39.4. The molecule has 0 aliphatic carbocycles. The van der Waals surface area contributed by atoms with Gasteiger partial charge in [-0.1, -0.05) is 0 Å². The third-order valence-corrected chi connectivity index (χ3v) is 4.76. The van der Waals surface area contributed by atoms with E-state index < -0.39 is 5.91 Å². The minimum absolute atomic E-state index is 0.0643. The van der Waals surface area contributed by atoms with E-state index in [1.165, 1.54) is 0 Å². The van der Waals surface area contributed by atoms with Gasteiger partial charge < -0.3 is 25.0 Å². The van der Waals surface area contributed by atoms with Gasteiger partial charge in [0, 0.05) is 37.3 Å². The van der Waals surface area contributed by atoms with E-state index in [0.29, 0.717) is 48.8 Å². The minimum Gasteiger partial charge on any atom is -0.497 e. The first-order chi connectivity index (χ1) is 14.0. The van der Waals surface area contributed by atoms with E-state index in [9.17, 15) is 14.4 Å². The van der Waals surface area contributed by atoms with Gasteiger partial charge in [0.25, 0.3) is 11.8 Å². The number of nitrogens with two attached hydrogens (primary N) is 1. The lowest BCUT2D eigenvalue weighted by Crippen LogP contribution is -2.51. The van der Waals surface area contributed by atoms with Crippen molar-refractivity contribution in [2.75, 3.05) is 39.9 Å². The number of ether oxygens (including phenoxy) is 2. The normalized spacial score (nSPS) is 13.7. The molecule has 8 heteroatoms. The molecule has 2 aromatic carbocycles.